The van der Waals surface area contributed by atoms with E-state index in [4.69, 9.17) is 16.6 Å². The van der Waals surface area contributed by atoms with E-state index in [0.29, 0.717) is 5.95 Å². The highest BCUT2D eigenvalue weighted by Gasteiger charge is 2.27. The Labute approximate surface area is 200 Å². The summed E-state index contributed by atoms with van der Waals surface area (Å²) < 4.78 is 0. The van der Waals surface area contributed by atoms with Crippen LogP contribution in [0.4, 0.5) is 11.6 Å². The first-order valence-corrected chi connectivity index (χ1v) is 11.7. The van der Waals surface area contributed by atoms with Crippen LogP contribution in [-0.2, 0) is 12.8 Å². The van der Waals surface area contributed by atoms with Gasteiger partial charge in [0.25, 0.3) is 0 Å². The number of halogens is 1. The summed E-state index contributed by atoms with van der Waals surface area (Å²) in [5, 5.41) is 4.14. The molecule has 1 heterocycles. The van der Waals surface area contributed by atoms with Gasteiger partial charge in [0.1, 0.15) is 0 Å². The normalized spacial score (nSPS) is 14.6. The van der Waals surface area contributed by atoms with Crippen molar-refractivity contribution < 1.29 is 0 Å². The molecule has 5 heteroatoms. The third-order valence-corrected chi connectivity index (χ3v) is 6.46. The van der Waals surface area contributed by atoms with Crippen molar-refractivity contribution in [1.29, 1.82) is 0 Å². The van der Waals surface area contributed by atoms with Crippen LogP contribution in [-0.4, -0.2) is 35.5 Å². The Bertz CT molecular complexity index is 1250. The predicted molar refractivity (Wildman–Crippen MR) is 136 cm³/mol. The molecule has 3 aromatic carbocycles. The maximum Gasteiger partial charge on any atom is 0.227 e. The van der Waals surface area contributed by atoms with Crippen LogP contribution in [0.5, 0.6) is 0 Å². The monoisotopic (exact) mass is 454 g/mol. The van der Waals surface area contributed by atoms with Crippen molar-refractivity contribution in [2.75, 3.05) is 26.0 Å². The van der Waals surface area contributed by atoms with Crippen LogP contribution >= 0.6 is 11.6 Å². The minimum Gasteiger partial charge on any atom is -0.324 e. The maximum atomic E-state index is 6.12. The Morgan fingerprint density at radius 3 is 2.48 bits per heavy atom. The summed E-state index contributed by atoms with van der Waals surface area (Å²) in [5.74, 6) is 0.887. The van der Waals surface area contributed by atoms with Gasteiger partial charge in [-0.05, 0) is 73.5 Å². The Morgan fingerprint density at radius 1 is 0.970 bits per heavy atom. The summed E-state index contributed by atoms with van der Waals surface area (Å²) in [6.45, 7) is 1.04. The largest absolute Gasteiger partial charge is 0.324 e. The number of aromatic nitrogens is 2. The third kappa shape index (κ3) is 4.77. The number of hydrogen-bond donors (Lipinski definition) is 1. The van der Waals surface area contributed by atoms with Crippen molar-refractivity contribution in [2.45, 2.75) is 18.8 Å². The molecule has 0 radical (unpaired) electrons. The van der Waals surface area contributed by atoms with Crippen LogP contribution in [0.1, 0.15) is 28.2 Å². The molecule has 0 bridgehead atoms. The fourth-order valence-electron chi connectivity index (χ4n) is 4.43. The SMILES string of the molecule is CN(C)CCc1ccc(Nc2ncc3c(n2)-c2ccccc2C(c2ccc(Cl)cc2)C3)cc1. The third-order valence-electron chi connectivity index (χ3n) is 6.21. The van der Waals surface area contributed by atoms with E-state index in [1.165, 1.54) is 27.8 Å². The molecule has 4 nitrogen and oxygen atoms in total. The van der Waals surface area contributed by atoms with Gasteiger partial charge in [0.15, 0.2) is 0 Å². The highest BCUT2D eigenvalue weighted by Crippen LogP contribution is 2.42. The molecule has 0 fully saturated rings. The predicted octanol–water partition coefficient (Wildman–Crippen LogP) is 6.33. The number of fused-ring (bicyclic) bond motifs is 3. The summed E-state index contributed by atoms with van der Waals surface area (Å²) in [6, 6.07) is 25.2. The van der Waals surface area contributed by atoms with Crippen molar-refractivity contribution in [1.82, 2.24) is 14.9 Å². The standard InChI is InChI=1S/C28H27ClN4/c1-33(2)16-15-19-7-13-23(14-8-19)31-28-30-18-21-17-26(20-9-11-22(29)12-10-20)24-5-3-4-6-25(24)27(21)32-28/h3-14,18,26H,15-17H2,1-2H3,(H,30,31,32). The van der Waals surface area contributed by atoms with Crippen molar-refractivity contribution in [3.05, 3.63) is 106 Å². The van der Waals surface area contributed by atoms with Crippen LogP contribution in [0.15, 0.2) is 79.0 Å². The molecule has 0 aliphatic heterocycles. The van der Waals surface area contributed by atoms with E-state index in [-0.39, 0.29) is 5.92 Å². The van der Waals surface area contributed by atoms with Crippen LogP contribution in [0.3, 0.4) is 0 Å². The zero-order valence-electron chi connectivity index (χ0n) is 18.9. The lowest BCUT2D eigenvalue weighted by molar-refractivity contribution is 0.413. The number of nitrogens with zero attached hydrogens (tertiary/aromatic N) is 3. The summed E-state index contributed by atoms with van der Waals surface area (Å²) >= 11 is 6.12. The molecule has 1 N–H and O–H groups in total. The Hall–Kier alpha value is -3.21. The summed E-state index contributed by atoms with van der Waals surface area (Å²) in [4.78, 5) is 11.8. The van der Waals surface area contributed by atoms with E-state index in [2.05, 4.69) is 90.0 Å². The van der Waals surface area contributed by atoms with E-state index >= 15 is 0 Å². The van der Waals surface area contributed by atoms with Crippen LogP contribution in [0.2, 0.25) is 5.02 Å². The van der Waals surface area contributed by atoms with Crippen molar-refractivity contribution >= 4 is 23.2 Å². The number of nitrogens with one attached hydrogen (secondary N) is 1. The second-order valence-electron chi connectivity index (χ2n) is 8.84. The molecule has 1 aliphatic carbocycles. The lowest BCUT2D eigenvalue weighted by atomic mass is 9.78. The van der Waals surface area contributed by atoms with Gasteiger partial charge >= 0.3 is 0 Å². The minimum atomic E-state index is 0.267. The van der Waals surface area contributed by atoms with Gasteiger partial charge in [0, 0.05) is 34.9 Å². The van der Waals surface area contributed by atoms with E-state index in [1.807, 2.05) is 18.3 Å². The second kappa shape index (κ2) is 9.34. The van der Waals surface area contributed by atoms with Gasteiger partial charge in [-0.2, -0.15) is 0 Å². The molecule has 1 aliphatic rings. The number of likely N-dealkylation sites (N-methyl/N-ethyl adjacent to an activating group) is 1. The molecule has 4 aromatic rings. The average Bonchev–Trinajstić information content (AvgIpc) is 2.84. The fraction of sp³-hybridized carbons (Fsp3) is 0.214. The Kier molecular flexibility index (Phi) is 6.12. The molecule has 0 saturated carbocycles. The molecule has 0 amide bonds. The van der Waals surface area contributed by atoms with Gasteiger partial charge in [-0.3, -0.25) is 0 Å². The molecule has 1 atom stereocenters. The number of hydrogen-bond acceptors (Lipinski definition) is 4. The van der Waals surface area contributed by atoms with Crippen LogP contribution < -0.4 is 5.32 Å². The van der Waals surface area contributed by atoms with Crippen LogP contribution in [0, 0.1) is 0 Å². The number of rotatable bonds is 6. The fourth-order valence-corrected chi connectivity index (χ4v) is 4.55. The van der Waals surface area contributed by atoms with Gasteiger partial charge in [-0.1, -0.05) is 60.1 Å². The first-order chi connectivity index (χ1) is 16.1. The lowest BCUT2D eigenvalue weighted by Crippen LogP contribution is -2.15. The average molecular weight is 455 g/mol. The quantitative estimate of drug-likeness (QED) is 0.369. The maximum absolute atomic E-state index is 6.12. The number of benzene rings is 3. The molecular formula is C28H27ClN4. The molecular weight excluding hydrogens is 428 g/mol. The van der Waals surface area contributed by atoms with Gasteiger partial charge < -0.3 is 10.2 Å². The molecule has 1 aromatic heterocycles. The zero-order chi connectivity index (χ0) is 22.8. The first kappa shape index (κ1) is 21.6. The van der Waals surface area contributed by atoms with E-state index in [9.17, 15) is 0 Å². The smallest absolute Gasteiger partial charge is 0.227 e. The molecule has 0 spiro atoms. The molecule has 166 valence electrons. The van der Waals surface area contributed by atoms with Gasteiger partial charge in [0.2, 0.25) is 5.95 Å². The summed E-state index contributed by atoms with van der Waals surface area (Å²) in [6.07, 6.45) is 3.87. The van der Waals surface area contributed by atoms with Crippen LogP contribution in [0.25, 0.3) is 11.3 Å². The van der Waals surface area contributed by atoms with Gasteiger partial charge in [-0.25, -0.2) is 9.97 Å². The minimum absolute atomic E-state index is 0.267. The lowest BCUT2D eigenvalue weighted by Gasteiger charge is -2.27. The first-order valence-electron chi connectivity index (χ1n) is 11.3. The molecule has 33 heavy (non-hydrogen) atoms. The molecule has 5 rings (SSSR count). The van der Waals surface area contributed by atoms with Gasteiger partial charge in [-0.15, -0.1) is 0 Å². The number of anilines is 2. The topological polar surface area (TPSA) is 41.0 Å². The summed E-state index contributed by atoms with van der Waals surface area (Å²) in [7, 11) is 4.19. The highest BCUT2D eigenvalue weighted by molar-refractivity contribution is 6.30. The molecule has 0 saturated heterocycles. The second-order valence-corrected chi connectivity index (χ2v) is 9.27. The molecule has 1 unspecified atom stereocenters. The Balaban J connectivity index is 1.41. The Morgan fingerprint density at radius 2 is 1.73 bits per heavy atom. The zero-order valence-corrected chi connectivity index (χ0v) is 19.7. The highest BCUT2D eigenvalue weighted by atomic mass is 35.5. The van der Waals surface area contributed by atoms with E-state index < -0.39 is 0 Å². The van der Waals surface area contributed by atoms with Gasteiger partial charge in [0.05, 0.1) is 5.69 Å². The van der Waals surface area contributed by atoms with Crippen molar-refractivity contribution in [3.8, 4) is 11.3 Å². The summed E-state index contributed by atoms with van der Waals surface area (Å²) in [5.41, 5.74) is 8.21. The van der Waals surface area contributed by atoms with Crippen molar-refractivity contribution in [2.24, 2.45) is 0 Å². The van der Waals surface area contributed by atoms with Crippen molar-refractivity contribution in [3.63, 3.8) is 0 Å². The van der Waals surface area contributed by atoms with E-state index in [0.717, 1.165) is 35.8 Å². The van der Waals surface area contributed by atoms with E-state index in [1.54, 1.807) is 0 Å².